The predicted octanol–water partition coefficient (Wildman–Crippen LogP) is 3.81. The molecule has 1 aliphatic carbocycles. The Bertz CT molecular complexity index is 922. The number of carbonyl (C=O) groups is 1. The lowest BCUT2D eigenvalue weighted by molar-refractivity contribution is -0.128. The number of hydrogen-bond acceptors (Lipinski definition) is 3. The van der Waals surface area contributed by atoms with Gasteiger partial charge in [0.25, 0.3) is 0 Å². The van der Waals surface area contributed by atoms with Crippen molar-refractivity contribution in [2.45, 2.75) is 38.1 Å². The summed E-state index contributed by atoms with van der Waals surface area (Å²) in [5.74, 6) is 1.09. The molecule has 2 N–H and O–H groups in total. The molecule has 1 aliphatic heterocycles. The Balaban J connectivity index is 1.70. The summed E-state index contributed by atoms with van der Waals surface area (Å²) in [5.41, 5.74) is 9.32. The molecule has 1 fully saturated rings. The van der Waals surface area contributed by atoms with Crippen LogP contribution in [-0.4, -0.2) is 29.4 Å². The van der Waals surface area contributed by atoms with E-state index in [1.54, 1.807) is 7.05 Å². The zero-order valence-corrected chi connectivity index (χ0v) is 16.4. The SMILES string of the molecule is C[C@H]1[C@@H]([C@]2(C)CC(=O)N(C)C(N)=N2)[C@]1(C)c1cccc(-c2ccccc2)c1. The van der Waals surface area contributed by atoms with Gasteiger partial charge in [-0.05, 0) is 35.4 Å². The van der Waals surface area contributed by atoms with Crippen LogP contribution in [-0.2, 0) is 10.2 Å². The summed E-state index contributed by atoms with van der Waals surface area (Å²) < 4.78 is 0. The number of aliphatic imine (C=N–C) groups is 1. The van der Waals surface area contributed by atoms with Crippen LogP contribution in [0.4, 0.5) is 0 Å². The van der Waals surface area contributed by atoms with Gasteiger partial charge in [-0.15, -0.1) is 0 Å². The summed E-state index contributed by atoms with van der Waals surface area (Å²) in [6.07, 6.45) is 0.410. The van der Waals surface area contributed by atoms with Crippen molar-refractivity contribution in [1.29, 1.82) is 0 Å². The van der Waals surface area contributed by atoms with Crippen LogP contribution in [0.5, 0.6) is 0 Å². The van der Waals surface area contributed by atoms with Gasteiger partial charge in [0, 0.05) is 12.5 Å². The van der Waals surface area contributed by atoms with Gasteiger partial charge in [0.15, 0.2) is 5.96 Å². The zero-order chi connectivity index (χ0) is 19.4. The predicted molar refractivity (Wildman–Crippen MR) is 109 cm³/mol. The minimum Gasteiger partial charge on any atom is -0.369 e. The molecule has 1 amide bonds. The van der Waals surface area contributed by atoms with Crippen LogP contribution in [0.1, 0.15) is 32.8 Å². The molecule has 0 bridgehead atoms. The molecule has 140 valence electrons. The molecule has 0 radical (unpaired) electrons. The molecule has 4 atom stereocenters. The van der Waals surface area contributed by atoms with E-state index in [-0.39, 0.29) is 17.2 Å². The molecule has 4 rings (SSSR count). The van der Waals surface area contributed by atoms with Crippen molar-refractivity contribution < 1.29 is 4.79 Å². The quantitative estimate of drug-likeness (QED) is 0.904. The molecular formula is C23H27N3O. The van der Waals surface area contributed by atoms with Gasteiger partial charge in [-0.3, -0.25) is 9.69 Å². The maximum absolute atomic E-state index is 12.4. The molecule has 0 aromatic heterocycles. The lowest BCUT2D eigenvalue weighted by atomic mass is 9.82. The molecule has 0 spiro atoms. The summed E-state index contributed by atoms with van der Waals surface area (Å²) in [7, 11) is 1.69. The highest BCUT2D eigenvalue weighted by Gasteiger charge is 2.67. The van der Waals surface area contributed by atoms with Crippen molar-refractivity contribution >= 4 is 11.9 Å². The van der Waals surface area contributed by atoms with Gasteiger partial charge in [0.2, 0.25) is 5.91 Å². The van der Waals surface area contributed by atoms with E-state index in [9.17, 15) is 4.79 Å². The second-order valence-electron chi connectivity index (χ2n) is 8.45. The highest BCUT2D eigenvalue weighted by atomic mass is 16.2. The fourth-order valence-electron chi connectivity index (χ4n) is 5.13. The van der Waals surface area contributed by atoms with Crippen molar-refractivity contribution in [3.05, 3.63) is 60.2 Å². The molecule has 0 unspecified atom stereocenters. The van der Waals surface area contributed by atoms with Crippen LogP contribution >= 0.6 is 0 Å². The van der Waals surface area contributed by atoms with E-state index in [2.05, 4.69) is 69.3 Å². The first kappa shape index (κ1) is 17.8. The first-order valence-corrected chi connectivity index (χ1v) is 9.55. The number of guanidine groups is 1. The zero-order valence-electron chi connectivity index (χ0n) is 16.4. The van der Waals surface area contributed by atoms with Crippen molar-refractivity contribution in [3.63, 3.8) is 0 Å². The summed E-state index contributed by atoms with van der Waals surface area (Å²) in [4.78, 5) is 18.6. The highest BCUT2D eigenvalue weighted by molar-refractivity contribution is 5.98. The smallest absolute Gasteiger partial charge is 0.231 e. The first-order valence-electron chi connectivity index (χ1n) is 9.55. The lowest BCUT2D eigenvalue weighted by Gasteiger charge is -2.35. The normalized spacial score (nSPS) is 33.0. The van der Waals surface area contributed by atoms with Crippen molar-refractivity contribution in [3.8, 4) is 11.1 Å². The third kappa shape index (κ3) is 2.66. The van der Waals surface area contributed by atoms with E-state index < -0.39 is 5.54 Å². The Labute approximate surface area is 161 Å². The second kappa shape index (κ2) is 5.95. The number of nitrogens with zero attached hydrogens (tertiary/aromatic N) is 2. The van der Waals surface area contributed by atoms with Crippen LogP contribution in [0.25, 0.3) is 11.1 Å². The average Bonchev–Trinajstić information content (AvgIpc) is 3.24. The molecule has 4 heteroatoms. The van der Waals surface area contributed by atoms with Gasteiger partial charge < -0.3 is 5.73 Å². The van der Waals surface area contributed by atoms with E-state index >= 15 is 0 Å². The van der Waals surface area contributed by atoms with E-state index in [0.717, 1.165) is 0 Å². The molecule has 4 nitrogen and oxygen atoms in total. The third-order valence-electron chi connectivity index (χ3n) is 6.84. The average molecular weight is 361 g/mol. The largest absolute Gasteiger partial charge is 0.369 e. The van der Waals surface area contributed by atoms with Gasteiger partial charge >= 0.3 is 0 Å². The molecule has 2 aliphatic rings. The molecule has 2 aromatic rings. The Kier molecular flexibility index (Phi) is 3.91. The van der Waals surface area contributed by atoms with Crippen LogP contribution < -0.4 is 5.73 Å². The van der Waals surface area contributed by atoms with Gasteiger partial charge in [-0.1, -0.05) is 68.4 Å². The van der Waals surface area contributed by atoms with Crippen LogP contribution in [0.3, 0.4) is 0 Å². The number of hydrogen-bond donors (Lipinski definition) is 1. The Morgan fingerprint density at radius 1 is 1.07 bits per heavy atom. The second-order valence-corrected chi connectivity index (χ2v) is 8.45. The van der Waals surface area contributed by atoms with E-state index in [1.807, 2.05) is 6.07 Å². The van der Waals surface area contributed by atoms with Crippen LogP contribution in [0.15, 0.2) is 59.6 Å². The number of benzene rings is 2. The lowest BCUT2D eigenvalue weighted by Crippen LogP contribution is -2.50. The number of carbonyl (C=O) groups excluding carboxylic acids is 1. The van der Waals surface area contributed by atoms with E-state index in [1.165, 1.54) is 21.6 Å². The van der Waals surface area contributed by atoms with Gasteiger partial charge in [0.05, 0.1) is 12.0 Å². The third-order valence-corrected chi connectivity index (χ3v) is 6.84. The number of amides is 1. The Morgan fingerprint density at radius 3 is 2.41 bits per heavy atom. The highest BCUT2D eigenvalue weighted by Crippen LogP contribution is 2.65. The molecule has 27 heavy (non-hydrogen) atoms. The van der Waals surface area contributed by atoms with Crippen molar-refractivity contribution in [2.24, 2.45) is 22.6 Å². The fourth-order valence-corrected chi connectivity index (χ4v) is 5.13. The number of nitrogens with two attached hydrogens (primary N) is 1. The summed E-state index contributed by atoms with van der Waals surface area (Å²) in [6, 6.07) is 19.2. The standard InChI is InChI=1S/C23H27N3O/c1-15-20(22(2)14-19(27)26(4)21(24)25-22)23(15,3)18-12-8-11-17(13-18)16-9-6-5-7-10-16/h5-13,15,20H,14H2,1-4H3,(H2,24,25)/t15-,20-,22-,23-/m0/s1. The van der Waals surface area contributed by atoms with Gasteiger partial charge in [-0.2, -0.15) is 0 Å². The molecule has 1 saturated carbocycles. The fraction of sp³-hybridized carbons (Fsp3) is 0.391. The first-order chi connectivity index (χ1) is 12.8. The maximum atomic E-state index is 12.4. The minimum absolute atomic E-state index is 0.0144. The Morgan fingerprint density at radius 2 is 1.74 bits per heavy atom. The van der Waals surface area contributed by atoms with Gasteiger partial charge in [-0.25, -0.2) is 4.99 Å². The maximum Gasteiger partial charge on any atom is 0.231 e. The molecule has 1 heterocycles. The van der Waals surface area contributed by atoms with Gasteiger partial charge in [0.1, 0.15) is 0 Å². The topological polar surface area (TPSA) is 58.7 Å². The molecule has 2 aromatic carbocycles. The minimum atomic E-state index is -0.454. The summed E-state index contributed by atoms with van der Waals surface area (Å²) in [6.45, 7) is 6.64. The Hall–Kier alpha value is -2.62. The molecular weight excluding hydrogens is 334 g/mol. The van der Waals surface area contributed by atoms with Crippen molar-refractivity contribution in [1.82, 2.24) is 4.90 Å². The van der Waals surface area contributed by atoms with E-state index in [4.69, 9.17) is 10.7 Å². The molecule has 0 saturated heterocycles. The monoisotopic (exact) mass is 361 g/mol. The number of rotatable bonds is 3. The van der Waals surface area contributed by atoms with Crippen molar-refractivity contribution in [2.75, 3.05) is 7.05 Å². The van der Waals surface area contributed by atoms with Crippen LogP contribution in [0, 0.1) is 11.8 Å². The summed E-state index contributed by atoms with van der Waals surface area (Å²) >= 11 is 0. The van der Waals surface area contributed by atoms with Crippen LogP contribution in [0.2, 0.25) is 0 Å². The van der Waals surface area contributed by atoms with E-state index in [0.29, 0.717) is 18.3 Å². The summed E-state index contributed by atoms with van der Waals surface area (Å²) in [5, 5.41) is 0.